The number of likely N-dealkylation sites (tertiary alicyclic amines) is 1. The number of benzene rings is 1. The van der Waals surface area contributed by atoms with E-state index in [0.717, 1.165) is 11.3 Å². The average Bonchev–Trinajstić information content (AvgIpc) is 3.13. The van der Waals surface area contributed by atoms with Crippen molar-refractivity contribution in [3.63, 3.8) is 0 Å². The number of fused-ring (bicyclic) bond motifs is 2. The first-order valence-electron chi connectivity index (χ1n) is 12.1. The van der Waals surface area contributed by atoms with Gasteiger partial charge in [-0.25, -0.2) is 14.2 Å². The monoisotopic (exact) mass is 537 g/mol. The summed E-state index contributed by atoms with van der Waals surface area (Å²) in [5.74, 6) is -0.838. The van der Waals surface area contributed by atoms with E-state index in [1.165, 1.54) is 18.3 Å². The van der Waals surface area contributed by atoms with Gasteiger partial charge in [-0.05, 0) is 48.6 Å². The number of hydrogen-bond donors (Lipinski definition) is 4. The van der Waals surface area contributed by atoms with Crippen LogP contribution in [0.25, 0.3) is 0 Å². The molecule has 1 fully saturated rings. The molecule has 0 bridgehead atoms. The topological polar surface area (TPSA) is 128 Å². The first-order chi connectivity index (χ1) is 18.3. The first kappa shape index (κ1) is 25.4. The fourth-order valence-corrected chi connectivity index (χ4v) is 4.95. The highest BCUT2D eigenvalue weighted by atomic mass is 35.5. The van der Waals surface area contributed by atoms with Crippen molar-refractivity contribution < 1.29 is 18.8 Å². The van der Waals surface area contributed by atoms with Crippen molar-refractivity contribution in [1.29, 1.82) is 0 Å². The number of carbonyl (C=O) groups is 3. The molecule has 1 aliphatic heterocycles. The minimum Gasteiger partial charge on any atom is -0.344 e. The normalized spacial score (nSPS) is 18.2. The third-order valence-electron chi connectivity index (χ3n) is 6.72. The largest absolute Gasteiger partial charge is 0.344 e. The summed E-state index contributed by atoms with van der Waals surface area (Å²) in [6, 6.07) is 8.02. The molecule has 38 heavy (non-hydrogen) atoms. The molecule has 12 heteroatoms. The lowest BCUT2D eigenvalue weighted by molar-refractivity contribution is -0.128. The van der Waals surface area contributed by atoms with E-state index in [-0.39, 0.29) is 28.1 Å². The first-order valence-corrected chi connectivity index (χ1v) is 12.4. The van der Waals surface area contributed by atoms with Crippen molar-refractivity contribution in [2.75, 3.05) is 19.0 Å². The van der Waals surface area contributed by atoms with Gasteiger partial charge in [0.15, 0.2) is 5.82 Å². The number of rotatable bonds is 5. The fraction of sp³-hybridized carbons (Fsp3) is 0.269. The lowest BCUT2D eigenvalue weighted by atomic mass is 9.96. The Kier molecular flexibility index (Phi) is 7.10. The van der Waals surface area contributed by atoms with Gasteiger partial charge in [-0.2, -0.15) is 0 Å². The van der Waals surface area contributed by atoms with E-state index >= 15 is 0 Å². The van der Waals surface area contributed by atoms with Gasteiger partial charge in [0.1, 0.15) is 11.9 Å². The molecule has 1 aromatic carbocycles. The van der Waals surface area contributed by atoms with E-state index in [9.17, 15) is 18.8 Å². The zero-order valence-electron chi connectivity index (χ0n) is 20.4. The Morgan fingerprint density at radius 2 is 1.92 bits per heavy atom. The molecule has 5 rings (SSSR count). The van der Waals surface area contributed by atoms with Crippen LogP contribution in [0, 0.1) is 5.82 Å². The quantitative estimate of drug-likeness (QED) is 0.371. The van der Waals surface area contributed by atoms with E-state index in [4.69, 9.17) is 11.6 Å². The maximum Gasteiger partial charge on any atom is 0.334 e. The number of nitrogens with one attached hydrogen (secondary N) is 4. The Morgan fingerprint density at radius 3 is 2.68 bits per heavy atom. The third-order valence-corrected chi connectivity index (χ3v) is 7.01. The van der Waals surface area contributed by atoms with Crippen LogP contribution in [0.5, 0.6) is 0 Å². The van der Waals surface area contributed by atoms with Crippen LogP contribution in [0.15, 0.2) is 48.8 Å². The van der Waals surface area contributed by atoms with Crippen molar-refractivity contribution in [3.05, 3.63) is 87.6 Å². The van der Waals surface area contributed by atoms with Gasteiger partial charge in [-0.1, -0.05) is 29.8 Å². The van der Waals surface area contributed by atoms with E-state index in [2.05, 4.69) is 31.5 Å². The number of halogens is 2. The van der Waals surface area contributed by atoms with Crippen molar-refractivity contribution in [2.24, 2.45) is 0 Å². The van der Waals surface area contributed by atoms with Crippen LogP contribution in [0.3, 0.4) is 0 Å². The SMILES string of the molecule is CN1CC[C@@H](NC(=O)c2cnc(NNC(=O)NC3c4cccnc4CCc4c(F)cccc43)c(Cl)c2)C1=O. The van der Waals surface area contributed by atoms with E-state index in [0.29, 0.717) is 36.9 Å². The predicted octanol–water partition coefficient (Wildman–Crippen LogP) is 2.74. The summed E-state index contributed by atoms with van der Waals surface area (Å²) in [6.07, 6.45) is 4.51. The number of nitrogens with zero attached hydrogens (tertiary/aromatic N) is 3. The second-order valence-corrected chi connectivity index (χ2v) is 9.54. The molecule has 3 heterocycles. The second kappa shape index (κ2) is 10.6. The molecule has 4 amide bonds. The summed E-state index contributed by atoms with van der Waals surface area (Å²) >= 11 is 6.29. The highest BCUT2D eigenvalue weighted by molar-refractivity contribution is 6.33. The van der Waals surface area contributed by atoms with Crippen LogP contribution < -0.4 is 21.5 Å². The fourth-order valence-electron chi connectivity index (χ4n) is 4.73. The molecule has 1 unspecified atom stereocenters. The number of hydrazine groups is 1. The maximum absolute atomic E-state index is 14.6. The third kappa shape index (κ3) is 5.10. The molecule has 4 N–H and O–H groups in total. The minimum absolute atomic E-state index is 0.0873. The molecule has 2 aliphatic rings. The Labute approximate surface area is 223 Å². The second-order valence-electron chi connectivity index (χ2n) is 9.13. The zero-order valence-corrected chi connectivity index (χ0v) is 21.2. The molecule has 1 saturated heterocycles. The van der Waals surface area contributed by atoms with Crippen molar-refractivity contribution in [2.45, 2.75) is 31.3 Å². The van der Waals surface area contributed by atoms with E-state index < -0.39 is 24.0 Å². The summed E-state index contributed by atoms with van der Waals surface area (Å²) in [5, 5.41) is 5.65. The van der Waals surface area contributed by atoms with Crippen LogP contribution >= 0.6 is 11.6 Å². The molecular formula is C26H25ClFN7O3. The number of aromatic nitrogens is 2. The summed E-state index contributed by atoms with van der Waals surface area (Å²) in [7, 11) is 1.68. The predicted molar refractivity (Wildman–Crippen MR) is 138 cm³/mol. The summed E-state index contributed by atoms with van der Waals surface area (Å²) in [4.78, 5) is 47.6. The maximum atomic E-state index is 14.6. The van der Waals surface area contributed by atoms with Crippen LogP contribution in [0.4, 0.5) is 15.0 Å². The van der Waals surface area contributed by atoms with Gasteiger partial charge in [0.2, 0.25) is 5.91 Å². The standard InChI is InChI=1S/C26H25ClFN7O3/c1-35-11-9-21(25(35)37)31-24(36)14-12-18(27)23(30-13-14)33-34-26(38)32-22-16-4-2-6-19(28)15(16)7-8-20-17(22)5-3-10-29-20/h2-6,10,12-13,21-22H,7-9,11H2,1H3,(H,30,33)(H,31,36)(H2,32,34,38)/t21-,22?/m1/s1. The van der Waals surface area contributed by atoms with Gasteiger partial charge in [0.05, 0.1) is 16.6 Å². The molecule has 10 nitrogen and oxygen atoms in total. The lowest BCUT2D eigenvalue weighted by Crippen LogP contribution is -2.42. The van der Waals surface area contributed by atoms with Crippen LogP contribution in [0.1, 0.15) is 45.2 Å². The van der Waals surface area contributed by atoms with Gasteiger partial charge in [-0.3, -0.25) is 25.4 Å². The van der Waals surface area contributed by atoms with Crippen LogP contribution in [0.2, 0.25) is 5.02 Å². The van der Waals surface area contributed by atoms with Gasteiger partial charge in [0.25, 0.3) is 5.91 Å². The van der Waals surface area contributed by atoms with Gasteiger partial charge < -0.3 is 15.5 Å². The summed E-state index contributed by atoms with van der Waals surface area (Å²) < 4.78 is 14.6. The summed E-state index contributed by atoms with van der Waals surface area (Å²) in [6.45, 7) is 0.572. The van der Waals surface area contributed by atoms with Gasteiger partial charge >= 0.3 is 6.03 Å². The number of pyridine rings is 2. The molecule has 0 radical (unpaired) electrons. The molecule has 1 aliphatic carbocycles. The van der Waals surface area contributed by atoms with E-state index in [1.807, 2.05) is 6.07 Å². The highest BCUT2D eigenvalue weighted by Gasteiger charge is 2.31. The Hall–Kier alpha value is -4.25. The molecule has 0 saturated carbocycles. The number of anilines is 1. The number of urea groups is 1. The number of hydrogen-bond acceptors (Lipinski definition) is 6. The van der Waals surface area contributed by atoms with Crippen LogP contribution in [-0.4, -0.2) is 52.3 Å². The molecule has 196 valence electrons. The smallest absolute Gasteiger partial charge is 0.334 e. The molecule has 0 spiro atoms. The van der Waals surface area contributed by atoms with Crippen LogP contribution in [-0.2, 0) is 17.6 Å². The van der Waals surface area contributed by atoms with Gasteiger partial charge in [-0.15, -0.1) is 0 Å². The highest BCUT2D eigenvalue weighted by Crippen LogP contribution is 2.32. The summed E-state index contributed by atoms with van der Waals surface area (Å²) in [5.41, 5.74) is 8.07. The molecular weight excluding hydrogens is 513 g/mol. The number of aryl methyl sites for hydroxylation is 1. The molecule has 2 aromatic heterocycles. The van der Waals surface area contributed by atoms with E-state index in [1.54, 1.807) is 36.3 Å². The van der Waals surface area contributed by atoms with Gasteiger partial charge in [0, 0.05) is 37.2 Å². The number of likely N-dealkylation sites (N-methyl/N-ethyl adjacent to an activating group) is 1. The Bertz CT molecular complexity index is 1420. The van der Waals surface area contributed by atoms with Crippen molar-refractivity contribution >= 4 is 35.3 Å². The lowest BCUT2D eigenvalue weighted by Gasteiger charge is -2.22. The molecule has 2 atom stereocenters. The van der Waals surface area contributed by atoms with Crippen molar-refractivity contribution in [3.8, 4) is 0 Å². The zero-order chi connectivity index (χ0) is 26.8. The number of carbonyl (C=O) groups excluding carboxylic acids is 3. The Balaban J connectivity index is 1.26. The Morgan fingerprint density at radius 1 is 1.11 bits per heavy atom. The molecule has 3 aromatic rings. The minimum atomic E-state index is -0.624. The number of amides is 4. The van der Waals surface area contributed by atoms with Crippen molar-refractivity contribution in [1.82, 2.24) is 30.9 Å². The average molecular weight is 538 g/mol.